The Labute approximate surface area is 56.6 Å². The van der Waals surface area contributed by atoms with E-state index in [0.29, 0.717) is 0 Å². The number of hydrogen-bond donors (Lipinski definition) is 1. The van der Waals surface area contributed by atoms with Crippen molar-refractivity contribution in [3.05, 3.63) is 0 Å². The normalized spacial score (nSPS) is 28.3. The van der Waals surface area contributed by atoms with Crippen molar-refractivity contribution in [2.75, 3.05) is 26.8 Å². The van der Waals surface area contributed by atoms with Crippen molar-refractivity contribution in [2.45, 2.75) is 12.8 Å². The summed E-state index contributed by atoms with van der Waals surface area (Å²) < 4.78 is 5.29. The first-order valence-electron chi connectivity index (χ1n) is 3.66. The molecule has 0 amide bonds. The molecule has 54 valence electrons. The first-order valence-corrected chi connectivity index (χ1v) is 3.66. The van der Waals surface area contributed by atoms with Crippen molar-refractivity contribution >= 4 is 0 Å². The van der Waals surface area contributed by atoms with Crippen LogP contribution in [0.2, 0.25) is 0 Å². The van der Waals surface area contributed by atoms with Gasteiger partial charge in [0, 0.05) is 6.61 Å². The van der Waals surface area contributed by atoms with Crippen LogP contribution in [-0.4, -0.2) is 26.8 Å². The number of ether oxygens (including phenoxy) is 1. The second kappa shape index (κ2) is 3.85. The van der Waals surface area contributed by atoms with Crippen LogP contribution in [-0.2, 0) is 4.74 Å². The van der Waals surface area contributed by atoms with E-state index >= 15 is 0 Å². The SMILES string of the molecule is CNC[C@@H]1CCCOC1. The maximum Gasteiger partial charge on any atom is 0.0506 e. The maximum absolute atomic E-state index is 5.29. The van der Waals surface area contributed by atoms with Crippen LogP contribution in [0, 0.1) is 5.92 Å². The lowest BCUT2D eigenvalue weighted by Crippen LogP contribution is -2.26. The van der Waals surface area contributed by atoms with Crippen LogP contribution in [0.15, 0.2) is 0 Å². The second-order valence-electron chi connectivity index (χ2n) is 2.64. The molecule has 0 aromatic rings. The van der Waals surface area contributed by atoms with Crippen molar-refractivity contribution in [3.63, 3.8) is 0 Å². The van der Waals surface area contributed by atoms with Crippen molar-refractivity contribution in [1.29, 1.82) is 0 Å². The molecule has 0 saturated carbocycles. The Bertz CT molecular complexity index is 66.6. The molecule has 1 aliphatic heterocycles. The molecule has 1 aliphatic rings. The first kappa shape index (κ1) is 7.03. The van der Waals surface area contributed by atoms with E-state index in [2.05, 4.69) is 5.32 Å². The first-order chi connectivity index (χ1) is 4.43. The van der Waals surface area contributed by atoms with Gasteiger partial charge < -0.3 is 10.1 Å². The zero-order valence-corrected chi connectivity index (χ0v) is 6.02. The van der Waals surface area contributed by atoms with Gasteiger partial charge in [-0.15, -0.1) is 0 Å². The van der Waals surface area contributed by atoms with Crippen molar-refractivity contribution in [3.8, 4) is 0 Å². The topological polar surface area (TPSA) is 21.3 Å². The van der Waals surface area contributed by atoms with Crippen LogP contribution in [0.4, 0.5) is 0 Å². The predicted octanol–water partition coefficient (Wildman–Crippen LogP) is 0.632. The monoisotopic (exact) mass is 129 g/mol. The van der Waals surface area contributed by atoms with E-state index < -0.39 is 0 Å². The molecule has 0 bridgehead atoms. The molecule has 0 unspecified atom stereocenters. The van der Waals surface area contributed by atoms with E-state index in [1.807, 2.05) is 7.05 Å². The number of rotatable bonds is 2. The summed E-state index contributed by atoms with van der Waals surface area (Å²) in [5.41, 5.74) is 0. The molecule has 1 rings (SSSR count). The molecule has 9 heavy (non-hydrogen) atoms. The minimum Gasteiger partial charge on any atom is -0.381 e. The van der Waals surface area contributed by atoms with Gasteiger partial charge in [-0.05, 0) is 32.4 Å². The highest BCUT2D eigenvalue weighted by atomic mass is 16.5. The van der Waals surface area contributed by atoms with E-state index in [-0.39, 0.29) is 0 Å². The molecule has 0 spiro atoms. The van der Waals surface area contributed by atoms with E-state index in [9.17, 15) is 0 Å². The molecule has 0 aliphatic carbocycles. The maximum atomic E-state index is 5.29. The molecule has 2 heteroatoms. The molecule has 1 fully saturated rings. The van der Waals surface area contributed by atoms with Gasteiger partial charge in [0.15, 0.2) is 0 Å². The molecule has 0 aromatic carbocycles. The van der Waals surface area contributed by atoms with E-state index in [0.717, 1.165) is 25.7 Å². The Morgan fingerprint density at radius 2 is 2.56 bits per heavy atom. The van der Waals surface area contributed by atoms with Gasteiger partial charge in [0.05, 0.1) is 6.61 Å². The molecule has 1 heterocycles. The fourth-order valence-corrected chi connectivity index (χ4v) is 1.26. The summed E-state index contributed by atoms with van der Waals surface area (Å²) in [6.07, 6.45) is 2.58. The summed E-state index contributed by atoms with van der Waals surface area (Å²) >= 11 is 0. The molecular formula is C7H15NO. The lowest BCUT2D eigenvalue weighted by atomic mass is 10.0. The summed E-state index contributed by atoms with van der Waals surface area (Å²) in [4.78, 5) is 0. The molecule has 1 N–H and O–H groups in total. The quantitative estimate of drug-likeness (QED) is 0.590. The minimum absolute atomic E-state index is 0.767. The summed E-state index contributed by atoms with van der Waals surface area (Å²) in [6, 6.07) is 0. The smallest absolute Gasteiger partial charge is 0.0506 e. The minimum atomic E-state index is 0.767. The van der Waals surface area contributed by atoms with Gasteiger partial charge in [-0.25, -0.2) is 0 Å². The predicted molar refractivity (Wildman–Crippen MR) is 37.5 cm³/mol. The van der Waals surface area contributed by atoms with Crippen LogP contribution < -0.4 is 5.32 Å². The van der Waals surface area contributed by atoms with Gasteiger partial charge in [0.2, 0.25) is 0 Å². The molecule has 0 radical (unpaired) electrons. The Morgan fingerprint density at radius 3 is 3.11 bits per heavy atom. The van der Waals surface area contributed by atoms with Crippen molar-refractivity contribution in [1.82, 2.24) is 5.32 Å². The lowest BCUT2D eigenvalue weighted by Gasteiger charge is -2.21. The average Bonchev–Trinajstić information content (AvgIpc) is 1.91. The highest BCUT2D eigenvalue weighted by molar-refractivity contribution is 4.63. The van der Waals surface area contributed by atoms with E-state index in [1.54, 1.807) is 0 Å². The summed E-state index contributed by atoms with van der Waals surface area (Å²) in [5.74, 6) is 0.767. The van der Waals surface area contributed by atoms with Crippen LogP contribution in [0.25, 0.3) is 0 Å². The van der Waals surface area contributed by atoms with E-state index in [1.165, 1.54) is 12.8 Å². The van der Waals surface area contributed by atoms with Crippen LogP contribution >= 0.6 is 0 Å². The molecule has 1 atom stereocenters. The lowest BCUT2D eigenvalue weighted by molar-refractivity contribution is 0.0556. The number of nitrogens with one attached hydrogen (secondary N) is 1. The summed E-state index contributed by atoms with van der Waals surface area (Å²) in [6.45, 7) is 3.04. The fraction of sp³-hybridized carbons (Fsp3) is 1.00. The molecule has 0 aromatic heterocycles. The van der Waals surface area contributed by atoms with Gasteiger partial charge in [-0.1, -0.05) is 0 Å². The standard InChI is InChI=1S/C7H15NO/c1-8-5-7-3-2-4-9-6-7/h7-8H,2-6H2,1H3/t7-/m0/s1. The Kier molecular flexibility index (Phi) is 3.01. The van der Waals surface area contributed by atoms with Gasteiger partial charge in [-0.2, -0.15) is 0 Å². The Balaban J connectivity index is 2.08. The van der Waals surface area contributed by atoms with Crippen molar-refractivity contribution < 1.29 is 4.74 Å². The summed E-state index contributed by atoms with van der Waals surface area (Å²) in [5, 5.41) is 3.16. The highest BCUT2D eigenvalue weighted by Crippen LogP contribution is 2.11. The fourth-order valence-electron chi connectivity index (χ4n) is 1.26. The Hall–Kier alpha value is -0.0800. The molecular weight excluding hydrogens is 114 g/mol. The van der Waals surface area contributed by atoms with Crippen LogP contribution in [0.5, 0.6) is 0 Å². The van der Waals surface area contributed by atoms with Gasteiger partial charge in [0.25, 0.3) is 0 Å². The molecule has 2 nitrogen and oxygen atoms in total. The average molecular weight is 129 g/mol. The zero-order chi connectivity index (χ0) is 6.53. The Morgan fingerprint density at radius 1 is 1.67 bits per heavy atom. The third-order valence-electron chi connectivity index (χ3n) is 1.75. The van der Waals surface area contributed by atoms with E-state index in [4.69, 9.17) is 4.74 Å². The largest absolute Gasteiger partial charge is 0.381 e. The number of hydrogen-bond acceptors (Lipinski definition) is 2. The second-order valence-corrected chi connectivity index (χ2v) is 2.64. The van der Waals surface area contributed by atoms with Crippen LogP contribution in [0.3, 0.4) is 0 Å². The third kappa shape index (κ3) is 2.33. The van der Waals surface area contributed by atoms with Crippen LogP contribution in [0.1, 0.15) is 12.8 Å². The van der Waals surface area contributed by atoms with Gasteiger partial charge >= 0.3 is 0 Å². The van der Waals surface area contributed by atoms with Gasteiger partial charge in [0.1, 0.15) is 0 Å². The third-order valence-corrected chi connectivity index (χ3v) is 1.75. The zero-order valence-electron chi connectivity index (χ0n) is 6.02. The van der Waals surface area contributed by atoms with Crippen molar-refractivity contribution in [2.24, 2.45) is 5.92 Å². The summed E-state index contributed by atoms with van der Waals surface area (Å²) in [7, 11) is 1.99. The highest BCUT2D eigenvalue weighted by Gasteiger charge is 2.11. The molecule has 1 saturated heterocycles. The van der Waals surface area contributed by atoms with Gasteiger partial charge in [-0.3, -0.25) is 0 Å².